The molecular weight excluding hydrogens is 290 g/mol. The summed E-state index contributed by atoms with van der Waals surface area (Å²) in [6, 6.07) is 2.03. The summed E-state index contributed by atoms with van der Waals surface area (Å²) in [5, 5.41) is 12.7. The molecule has 1 aromatic carbocycles. The van der Waals surface area contributed by atoms with Crippen LogP contribution in [0.2, 0.25) is 5.02 Å². The summed E-state index contributed by atoms with van der Waals surface area (Å²) in [7, 11) is 0. The van der Waals surface area contributed by atoms with Gasteiger partial charge in [-0.2, -0.15) is 5.10 Å². The molecule has 20 heavy (non-hydrogen) atoms. The third kappa shape index (κ3) is 2.85. The fraction of sp³-hybridized carbons (Fsp3) is 0.0769. The Balaban J connectivity index is 2.48. The Morgan fingerprint density at radius 2 is 2.00 bits per heavy atom. The smallest absolute Gasteiger partial charge is 0.328 e. The fourth-order valence-corrected chi connectivity index (χ4v) is 1.75. The number of benzene rings is 1. The van der Waals surface area contributed by atoms with Gasteiger partial charge < -0.3 is 5.11 Å². The van der Waals surface area contributed by atoms with Crippen molar-refractivity contribution < 1.29 is 18.7 Å². The number of nitrogens with zero attached hydrogens (tertiary/aromatic N) is 2. The molecule has 0 fully saturated rings. The average molecular weight is 299 g/mol. The van der Waals surface area contributed by atoms with E-state index in [1.54, 1.807) is 6.92 Å². The number of carbonyl (C=O) groups is 1. The molecule has 0 unspecified atom stereocenters. The molecule has 0 saturated carbocycles. The fourth-order valence-electron chi connectivity index (χ4n) is 1.62. The van der Waals surface area contributed by atoms with Crippen LogP contribution in [0.15, 0.2) is 24.4 Å². The molecule has 0 aliphatic rings. The van der Waals surface area contributed by atoms with E-state index in [2.05, 4.69) is 5.10 Å². The standard InChI is InChI=1S/C13H9ClF2N2O2/c1-7-9(14)6-18(17-7)13-10(15)4-8(5-11(13)16)2-3-12(19)20/h2-6H,1H3,(H,19,20). The SMILES string of the molecule is Cc1nn(-c2c(F)cc(C=CC(=O)O)cc2F)cc1Cl. The monoisotopic (exact) mass is 298 g/mol. The van der Waals surface area contributed by atoms with E-state index in [4.69, 9.17) is 16.7 Å². The molecule has 0 radical (unpaired) electrons. The second kappa shape index (κ2) is 5.42. The Kier molecular flexibility index (Phi) is 3.85. The lowest BCUT2D eigenvalue weighted by molar-refractivity contribution is -0.131. The van der Waals surface area contributed by atoms with Gasteiger partial charge in [-0.25, -0.2) is 18.3 Å². The van der Waals surface area contributed by atoms with Gasteiger partial charge >= 0.3 is 5.97 Å². The zero-order valence-corrected chi connectivity index (χ0v) is 11.0. The average Bonchev–Trinajstić information content (AvgIpc) is 2.66. The Bertz CT molecular complexity index is 668. The van der Waals surface area contributed by atoms with E-state index in [-0.39, 0.29) is 11.3 Å². The number of aromatic nitrogens is 2. The molecular formula is C13H9ClF2N2O2. The van der Waals surface area contributed by atoms with Crippen LogP contribution in [0.1, 0.15) is 11.3 Å². The number of carboxylic acids is 1. The summed E-state index contributed by atoms with van der Waals surface area (Å²) in [5.41, 5.74) is 0.175. The van der Waals surface area contributed by atoms with E-state index in [0.29, 0.717) is 10.7 Å². The molecule has 0 saturated heterocycles. The van der Waals surface area contributed by atoms with E-state index >= 15 is 0 Å². The van der Waals surface area contributed by atoms with Gasteiger partial charge in [-0.3, -0.25) is 0 Å². The summed E-state index contributed by atoms with van der Waals surface area (Å²) in [6.45, 7) is 1.61. The van der Waals surface area contributed by atoms with E-state index in [0.717, 1.165) is 29.0 Å². The van der Waals surface area contributed by atoms with Crippen LogP contribution in [0.4, 0.5) is 8.78 Å². The van der Waals surface area contributed by atoms with Crippen LogP contribution in [-0.2, 0) is 4.79 Å². The second-order valence-corrected chi connectivity index (χ2v) is 4.42. The minimum Gasteiger partial charge on any atom is -0.478 e. The number of aryl methyl sites for hydroxylation is 1. The van der Waals surface area contributed by atoms with Crippen molar-refractivity contribution in [1.82, 2.24) is 9.78 Å². The Morgan fingerprint density at radius 3 is 2.45 bits per heavy atom. The third-order valence-corrected chi connectivity index (χ3v) is 2.90. The van der Waals surface area contributed by atoms with Crippen molar-refractivity contribution in [2.45, 2.75) is 6.92 Å². The Morgan fingerprint density at radius 1 is 1.40 bits per heavy atom. The van der Waals surface area contributed by atoms with Crippen molar-refractivity contribution in [2.24, 2.45) is 0 Å². The van der Waals surface area contributed by atoms with Crippen molar-refractivity contribution in [3.63, 3.8) is 0 Å². The van der Waals surface area contributed by atoms with Crippen LogP contribution >= 0.6 is 11.6 Å². The molecule has 0 atom stereocenters. The summed E-state index contributed by atoms with van der Waals surface area (Å²) in [6.07, 6.45) is 3.19. The zero-order chi connectivity index (χ0) is 14.9. The number of hydrogen-bond acceptors (Lipinski definition) is 2. The predicted octanol–water partition coefficient (Wildman–Crippen LogP) is 3.21. The number of hydrogen-bond donors (Lipinski definition) is 1. The van der Waals surface area contributed by atoms with Gasteiger partial charge in [0, 0.05) is 12.3 Å². The van der Waals surface area contributed by atoms with Crippen LogP contribution < -0.4 is 0 Å². The lowest BCUT2D eigenvalue weighted by Gasteiger charge is -2.06. The maximum absolute atomic E-state index is 13.9. The Labute approximate surface area is 117 Å². The maximum Gasteiger partial charge on any atom is 0.328 e. The number of halogens is 3. The van der Waals surface area contributed by atoms with E-state index in [1.165, 1.54) is 6.20 Å². The van der Waals surface area contributed by atoms with Crippen molar-refractivity contribution >= 4 is 23.6 Å². The predicted molar refractivity (Wildman–Crippen MR) is 69.9 cm³/mol. The first kappa shape index (κ1) is 14.2. The van der Waals surface area contributed by atoms with Gasteiger partial charge in [0.05, 0.1) is 10.7 Å². The summed E-state index contributed by atoms with van der Waals surface area (Å²) < 4.78 is 28.9. The molecule has 1 N–H and O–H groups in total. The first-order chi connectivity index (χ1) is 9.38. The number of carboxylic acid groups (broad SMARTS) is 1. The number of aliphatic carboxylic acids is 1. The van der Waals surface area contributed by atoms with E-state index < -0.39 is 17.6 Å². The second-order valence-electron chi connectivity index (χ2n) is 4.01. The molecule has 1 heterocycles. The first-order valence-electron chi connectivity index (χ1n) is 5.50. The maximum atomic E-state index is 13.9. The van der Waals surface area contributed by atoms with Gasteiger partial charge in [-0.15, -0.1) is 0 Å². The van der Waals surface area contributed by atoms with E-state index in [1.807, 2.05) is 0 Å². The van der Waals surface area contributed by atoms with Crippen molar-refractivity contribution in [3.8, 4) is 5.69 Å². The highest BCUT2D eigenvalue weighted by molar-refractivity contribution is 6.31. The van der Waals surface area contributed by atoms with Gasteiger partial charge in [0.1, 0.15) is 5.69 Å². The van der Waals surface area contributed by atoms with E-state index in [9.17, 15) is 13.6 Å². The molecule has 0 amide bonds. The van der Waals surface area contributed by atoms with Crippen LogP contribution in [0, 0.1) is 18.6 Å². The Hall–Kier alpha value is -2.21. The topological polar surface area (TPSA) is 55.1 Å². The summed E-state index contributed by atoms with van der Waals surface area (Å²) >= 11 is 5.80. The lowest BCUT2D eigenvalue weighted by Crippen LogP contribution is -2.03. The molecule has 0 spiro atoms. The van der Waals surface area contributed by atoms with Gasteiger partial charge in [0.25, 0.3) is 0 Å². The first-order valence-corrected chi connectivity index (χ1v) is 5.88. The van der Waals surface area contributed by atoms with Gasteiger partial charge in [-0.05, 0) is 30.7 Å². The van der Waals surface area contributed by atoms with Gasteiger partial charge in [-0.1, -0.05) is 11.6 Å². The highest BCUT2D eigenvalue weighted by Crippen LogP contribution is 2.23. The molecule has 2 rings (SSSR count). The number of rotatable bonds is 3. The molecule has 4 nitrogen and oxygen atoms in total. The van der Waals surface area contributed by atoms with Crippen molar-refractivity contribution in [1.29, 1.82) is 0 Å². The molecule has 0 bridgehead atoms. The van der Waals surface area contributed by atoms with Crippen molar-refractivity contribution in [2.75, 3.05) is 0 Å². The molecule has 0 aliphatic carbocycles. The molecule has 1 aromatic heterocycles. The quantitative estimate of drug-likeness (QED) is 0.885. The van der Waals surface area contributed by atoms with Crippen LogP contribution in [0.25, 0.3) is 11.8 Å². The van der Waals surface area contributed by atoms with Crippen LogP contribution in [0.5, 0.6) is 0 Å². The molecule has 104 valence electrons. The largest absolute Gasteiger partial charge is 0.478 e. The third-order valence-electron chi connectivity index (χ3n) is 2.53. The normalized spacial score (nSPS) is 11.2. The summed E-state index contributed by atoms with van der Waals surface area (Å²) in [4.78, 5) is 10.4. The molecule has 0 aliphatic heterocycles. The highest BCUT2D eigenvalue weighted by atomic mass is 35.5. The zero-order valence-electron chi connectivity index (χ0n) is 10.3. The van der Waals surface area contributed by atoms with Crippen molar-refractivity contribution in [3.05, 3.63) is 52.3 Å². The molecule has 2 aromatic rings. The van der Waals surface area contributed by atoms with Crippen LogP contribution in [-0.4, -0.2) is 20.9 Å². The lowest BCUT2D eigenvalue weighted by atomic mass is 10.1. The summed E-state index contributed by atoms with van der Waals surface area (Å²) in [5.74, 6) is -2.94. The highest BCUT2D eigenvalue weighted by Gasteiger charge is 2.15. The molecule has 7 heteroatoms. The minimum absolute atomic E-state index is 0.0983. The van der Waals surface area contributed by atoms with Gasteiger partial charge in [0.15, 0.2) is 11.6 Å². The van der Waals surface area contributed by atoms with Gasteiger partial charge in [0.2, 0.25) is 0 Å². The van der Waals surface area contributed by atoms with Crippen LogP contribution in [0.3, 0.4) is 0 Å². The minimum atomic E-state index is -1.20.